The Morgan fingerprint density at radius 3 is 2.53 bits per heavy atom. The molecule has 0 saturated carbocycles. The number of carbonyl (C=O) groups excluding carboxylic acids is 1. The van der Waals surface area contributed by atoms with Crippen molar-refractivity contribution in [3.63, 3.8) is 0 Å². The minimum atomic E-state index is -1.15. The van der Waals surface area contributed by atoms with Crippen molar-refractivity contribution in [2.75, 3.05) is 13.7 Å². The SMILES string of the molecule is CO[C@H]1O[C@@H]2CO[C@@H](c3ccccc3)O[C@H]2[C@H](O)[C@H]1OC(=O)CCC#CC#Cc1ccccc1. The fourth-order valence-corrected chi connectivity index (χ4v) is 3.77. The summed E-state index contributed by atoms with van der Waals surface area (Å²) < 4.78 is 28.4. The summed E-state index contributed by atoms with van der Waals surface area (Å²) in [6.07, 6.45) is -4.75. The number of hydrogen-bond acceptors (Lipinski definition) is 7. The van der Waals surface area contributed by atoms with E-state index in [9.17, 15) is 9.90 Å². The van der Waals surface area contributed by atoms with Crippen molar-refractivity contribution in [2.24, 2.45) is 0 Å². The number of ether oxygens (including phenoxy) is 5. The van der Waals surface area contributed by atoms with Crippen LogP contribution >= 0.6 is 0 Å². The maximum atomic E-state index is 12.4. The summed E-state index contributed by atoms with van der Waals surface area (Å²) in [4.78, 5) is 12.4. The Kier molecular flexibility index (Phi) is 8.32. The molecule has 0 spiro atoms. The second-order valence-electron chi connectivity index (χ2n) is 7.82. The standard InChI is InChI=1S/C27H26O7/c1-30-27-25(33-22(28)17-11-3-2-6-12-19-13-7-4-8-14-19)23(29)24-21(32-27)18-31-26(34-24)20-15-9-5-10-16-20/h4-5,7-10,13-16,21,23-27,29H,11,17-18H2,1H3/t21-,23+,24-,25-,26-,27+/m1/s1. The molecule has 0 bridgehead atoms. The lowest BCUT2D eigenvalue weighted by Gasteiger charge is -2.46. The van der Waals surface area contributed by atoms with E-state index in [4.69, 9.17) is 23.7 Å². The Hall–Kier alpha value is -3.17. The molecule has 0 aliphatic carbocycles. The van der Waals surface area contributed by atoms with Crippen LogP contribution in [0.5, 0.6) is 0 Å². The van der Waals surface area contributed by atoms with Gasteiger partial charge >= 0.3 is 5.97 Å². The highest BCUT2D eigenvalue weighted by Gasteiger charge is 2.51. The predicted octanol–water partition coefficient (Wildman–Crippen LogP) is 2.58. The van der Waals surface area contributed by atoms with Crippen LogP contribution in [0.1, 0.15) is 30.3 Å². The van der Waals surface area contributed by atoms with E-state index in [1.54, 1.807) is 0 Å². The molecule has 2 saturated heterocycles. The average molecular weight is 462 g/mol. The first-order valence-electron chi connectivity index (χ1n) is 11.1. The van der Waals surface area contributed by atoms with Crippen LogP contribution in [0, 0.1) is 23.7 Å². The molecule has 7 nitrogen and oxygen atoms in total. The molecule has 0 unspecified atom stereocenters. The summed E-state index contributed by atoms with van der Waals surface area (Å²) in [6.45, 7) is 0.210. The van der Waals surface area contributed by atoms with Gasteiger partial charge in [0.25, 0.3) is 0 Å². The maximum absolute atomic E-state index is 12.4. The van der Waals surface area contributed by atoms with Crippen molar-refractivity contribution in [1.82, 2.24) is 0 Å². The normalized spacial score (nSPS) is 27.8. The molecule has 34 heavy (non-hydrogen) atoms. The van der Waals surface area contributed by atoms with Gasteiger partial charge in [-0.2, -0.15) is 0 Å². The van der Waals surface area contributed by atoms with Crippen LogP contribution in [0.25, 0.3) is 0 Å². The molecule has 0 aromatic heterocycles. The zero-order chi connectivity index (χ0) is 23.8. The molecule has 2 heterocycles. The van der Waals surface area contributed by atoms with Crippen molar-refractivity contribution < 1.29 is 33.6 Å². The second kappa shape index (κ2) is 11.8. The van der Waals surface area contributed by atoms with E-state index in [0.717, 1.165) is 11.1 Å². The first-order chi connectivity index (χ1) is 16.7. The summed E-state index contributed by atoms with van der Waals surface area (Å²) in [5, 5.41) is 11.0. The fourth-order valence-electron chi connectivity index (χ4n) is 3.77. The Balaban J connectivity index is 1.32. The van der Waals surface area contributed by atoms with Gasteiger partial charge in [-0.15, -0.1) is 0 Å². The van der Waals surface area contributed by atoms with Crippen LogP contribution in [0.2, 0.25) is 0 Å². The highest BCUT2D eigenvalue weighted by Crippen LogP contribution is 2.35. The third kappa shape index (κ3) is 6.03. The van der Waals surface area contributed by atoms with E-state index in [-0.39, 0.29) is 19.4 Å². The summed E-state index contributed by atoms with van der Waals surface area (Å²) in [6, 6.07) is 18.9. The third-order valence-corrected chi connectivity index (χ3v) is 5.47. The lowest BCUT2D eigenvalue weighted by Crippen LogP contribution is -2.63. The highest BCUT2D eigenvalue weighted by molar-refractivity contribution is 5.70. The van der Waals surface area contributed by atoms with Crippen LogP contribution in [0.15, 0.2) is 60.7 Å². The van der Waals surface area contributed by atoms with Gasteiger partial charge in [0.2, 0.25) is 0 Å². The Labute approximate surface area is 198 Å². The topological polar surface area (TPSA) is 83.5 Å². The minimum Gasteiger partial charge on any atom is -0.454 e. The van der Waals surface area contributed by atoms with Gasteiger partial charge in [-0.3, -0.25) is 4.79 Å². The van der Waals surface area contributed by atoms with Crippen LogP contribution in [0.3, 0.4) is 0 Å². The average Bonchev–Trinajstić information content (AvgIpc) is 2.88. The van der Waals surface area contributed by atoms with Crippen molar-refractivity contribution in [1.29, 1.82) is 0 Å². The van der Waals surface area contributed by atoms with E-state index in [0.29, 0.717) is 0 Å². The summed E-state index contributed by atoms with van der Waals surface area (Å²) in [7, 11) is 1.42. The largest absolute Gasteiger partial charge is 0.454 e. The molecule has 2 aliphatic heterocycles. The van der Waals surface area contributed by atoms with E-state index < -0.39 is 43.0 Å². The van der Waals surface area contributed by atoms with Crippen molar-refractivity contribution >= 4 is 5.97 Å². The van der Waals surface area contributed by atoms with Crippen LogP contribution in [-0.2, 0) is 28.5 Å². The molecule has 2 aliphatic rings. The molecular weight excluding hydrogens is 436 g/mol. The van der Waals surface area contributed by atoms with E-state index in [2.05, 4.69) is 23.7 Å². The summed E-state index contributed by atoms with van der Waals surface area (Å²) in [5.74, 6) is 10.7. The first kappa shape index (κ1) is 24.0. The molecule has 6 atom stereocenters. The fraction of sp³-hybridized carbons (Fsp3) is 0.370. The predicted molar refractivity (Wildman–Crippen MR) is 122 cm³/mol. The van der Waals surface area contributed by atoms with E-state index in [1.165, 1.54) is 7.11 Å². The number of aliphatic hydroxyl groups is 1. The Morgan fingerprint density at radius 2 is 1.79 bits per heavy atom. The zero-order valence-corrected chi connectivity index (χ0v) is 18.8. The Morgan fingerprint density at radius 1 is 1.06 bits per heavy atom. The molecule has 0 amide bonds. The van der Waals surface area contributed by atoms with Gasteiger partial charge in [-0.25, -0.2) is 0 Å². The van der Waals surface area contributed by atoms with Crippen LogP contribution in [0.4, 0.5) is 0 Å². The summed E-state index contributed by atoms with van der Waals surface area (Å²) in [5.41, 5.74) is 1.70. The number of aliphatic hydroxyl groups excluding tert-OH is 1. The van der Waals surface area contributed by atoms with Gasteiger partial charge in [0.15, 0.2) is 18.7 Å². The van der Waals surface area contributed by atoms with Crippen molar-refractivity contribution in [3.8, 4) is 23.7 Å². The van der Waals surface area contributed by atoms with Gasteiger partial charge in [0, 0.05) is 24.7 Å². The monoisotopic (exact) mass is 462 g/mol. The van der Waals surface area contributed by atoms with Crippen molar-refractivity contribution in [2.45, 2.75) is 49.8 Å². The molecule has 2 aromatic carbocycles. The molecule has 7 heteroatoms. The Bertz CT molecular complexity index is 1060. The number of hydrogen-bond donors (Lipinski definition) is 1. The molecule has 0 radical (unpaired) electrons. The number of rotatable bonds is 5. The smallest absolute Gasteiger partial charge is 0.307 e. The number of carbonyl (C=O) groups is 1. The molecule has 176 valence electrons. The molecule has 1 N–H and O–H groups in total. The number of fused-ring (bicyclic) bond motifs is 1. The first-order valence-corrected chi connectivity index (χ1v) is 11.1. The molecule has 2 aromatic rings. The zero-order valence-electron chi connectivity index (χ0n) is 18.8. The molecule has 2 fully saturated rings. The van der Waals surface area contributed by atoms with Gasteiger partial charge in [0.1, 0.15) is 18.3 Å². The van der Waals surface area contributed by atoms with Crippen LogP contribution < -0.4 is 0 Å². The number of esters is 1. The number of benzene rings is 2. The molecular formula is C27H26O7. The van der Waals surface area contributed by atoms with Gasteiger partial charge < -0.3 is 28.8 Å². The lowest BCUT2D eigenvalue weighted by molar-refractivity contribution is -0.358. The quantitative estimate of drug-likeness (QED) is 0.540. The maximum Gasteiger partial charge on any atom is 0.307 e. The minimum absolute atomic E-state index is 0.0460. The van der Waals surface area contributed by atoms with Gasteiger partial charge in [0.05, 0.1) is 13.0 Å². The lowest BCUT2D eigenvalue weighted by atomic mass is 9.97. The highest BCUT2D eigenvalue weighted by atomic mass is 16.8. The number of methoxy groups -OCH3 is 1. The van der Waals surface area contributed by atoms with Gasteiger partial charge in [-0.05, 0) is 24.0 Å². The van der Waals surface area contributed by atoms with Crippen molar-refractivity contribution in [3.05, 3.63) is 71.8 Å². The van der Waals surface area contributed by atoms with E-state index in [1.807, 2.05) is 60.7 Å². The third-order valence-electron chi connectivity index (χ3n) is 5.47. The van der Waals surface area contributed by atoms with Gasteiger partial charge in [-0.1, -0.05) is 60.4 Å². The molecule has 4 rings (SSSR count). The second-order valence-corrected chi connectivity index (χ2v) is 7.82. The van der Waals surface area contributed by atoms with Crippen LogP contribution in [-0.4, -0.2) is 55.5 Å². The van der Waals surface area contributed by atoms with E-state index >= 15 is 0 Å². The summed E-state index contributed by atoms with van der Waals surface area (Å²) >= 11 is 0.